The summed E-state index contributed by atoms with van der Waals surface area (Å²) in [5.74, 6) is 0.201. The molecular weight excluding hydrogens is 492 g/mol. The second-order valence-corrected chi connectivity index (χ2v) is 11.7. The summed E-state index contributed by atoms with van der Waals surface area (Å²) in [5, 5.41) is 9.64. The highest BCUT2D eigenvalue weighted by molar-refractivity contribution is 7.91. The van der Waals surface area contributed by atoms with Gasteiger partial charge in [0.1, 0.15) is 10.0 Å². The highest BCUT2D eigenvalue weighted by Gasteiger charge is 2.31. The molecule has 0 saturated carbocycles. The molecule has 2 aromatic carbocycles. The van der Waals surface area contributed by atoms with Gasteiger partial charge < -0.3 is 9.80 Å². The van der Waals surface area contributed by atoms with Gasteiger partial charge in [0.15, 0.2) is 0 Å². The molecule has 1 aliphatic rings. The van der Waals surface area contributed by atoms with Crippen LogP contribution in [0, 0.1) is 5.41 Å². The SMILES string of the molecule is C=CCN(C)C(=N)c1ccc(C(=O)N2CCN(S(=O)(=O)c3cc4ccc(Cl)cc4s3)CC2)cc1. The Bertz CT molecular complexity index is 1340. The standard InChI is InChI=1S/C24H25ClN4O3S2/c1-3-10-27(2)23(26)17-4-6-18(7-5-17)24(30)28-11-13-29(14-12-28)34(31,32)22-15-19-8-9-20(25)16-21(19)33-22/h3-9,15-16,26H,1,10-14H2,2H3. The van der Waals surface area contributed by atoms with Crippen LogP contribution in [0.4, 0.5) is 0 Å². The first-order valence-corrected chi connectivity index (χ1v) is 13.3. The number of halogens is 1. The van der Waals surface area contributed by atoms with E-state index in [0.717, 1.165) is 10.1 Å². The molecule has 4 rings (SSSR count). The van der Waals surface area contributed by atoms with Crippen LogP contribution in [0.5, 0.6) is 0 Å². The first kappa shape index (κ1) is 24.4. The van der Waals surface area contributed by atoms with Crippen LogP contribution in [0.25, 0.3) is 10.1 Å². The molecular formula is C24H25ClN4O3S2. The number of sulfonamides is 1. The van der Waals surface area contributed by atoms with Crippen molar-refractivity contribution in [3.8, 4) is 0 Å². The Kier molecular flexibility index (Phi) is 7.09. The van der Waals surface area contributed by atoms with Crippen LogP contribution >= 0.6 is 22.9 Å². The fourth-order valence-electron chi connectivity index (χ4n) is 3.83. The number of carbonyl (C=O) groups is 1. The van der Waals surface area contributed by atoms with Crippen molar-refractivity contribution < 1.29 is 13.2 Å². The van der Waals surface area contributed by atoms with Crippen molar-refractivity contribution >= 4 is 54.8 Å². The van der Waals surface area contributed by atoms with E-state index < -0.39 is 10.0 Å². The monoisotopic (exact) mass is 516 g/mol. The highest BCUT2D eigenvalue weighted by atomic mass is 35.5. The number of thiophene rings is 1. The van der Waals surface area contributed by atoms with E-state index in [9.17, 15) is 13.2 Å². The molecule has 0 atom stereocenters. The van der Waals surface area contributed by atoms with E-state index in [1.54, 1.807) is 58.3 Å². The maximum Gasteiger partial charge on any atom is 0.253 e. The molecule has 0 unspecified atom stereocenters. The van der Waals surface area contributed by atoms with Crippen LogP contribution in [-0.4, -0.2) is 74.0 Å². The predicted molar refractivity (Wildman–Crippen MR) is 138 cm³/mol. The number of carbonyl (C=O) groups excluding carboxylic acids is 1. The topological polar surface area (TPSA) is 84.8 Å². The molecule has 3 aromatic rings. The number of amidine groups is 1. The summed E-state index contributed by atoms with van der Waals surface area (Å²) >= 11 is 7.23. The molecule has 0 radical (unpaired) electrons. The molecule has 1 fully saturated rings. The molecule has 34 heavy (non-hydrogen) atoms. The lowest BCUT2D eigenvalue weighted by atomic mass is 10.1. The summed E-state index contributed by atoms with van der Waals surface area (Å²) in [6.45, 7) is 5.34. The van der Waals surface area contributed by atoms with Crippen molar-refractivity contribution in [2.45, 2.75) is 4.21 Å². The summed E-state index contributed by atoms with van der Waals surface area (Å²) in [6.07, 6.45) is 1.72. The number of hydrogen-bond acceptors (Lipinski definition) is 5. The third kappa shape index (κ3) is 4.88. The average molecular weight is 517 g/mol. The summed E-state index contributed by atoms with van der Waals surface area (Å²) in [4.78, 5) is 16.4. The largest absolute Gasteiger partial charge is 0.356 e. The second kappa shape index (κ2) is 9.87. The first-order valence-electron chi connectivity index (χ1n) is 10.7. The van der Waals surface area contributed by atoms with Gasteiger partial charge >= 0.3 is 0 Å². The van der Waals surface area contributed by atoms with E-state index >= 15 is 0 Å². The molecule has 1 amide bonds. The van der Waals surface area contributed by atoms with Gasteiger partial charge in [-0.3, -0.25) is 10.2 Å². The number of piperazine rings is 1. The van der Waals surface area contributed by atoms with Crippen molar-refractivity contribution in [2.75, 3.05) is 39.8 Å². The second-order valence-electron chi connectivity index (χ2n) is 8.04. The van der Waals surface area contributed by atoms with Crippen molar-refractivity contribution in [3.05, 3.63) is 77.3 Å². The molecule has 7 nitrogen and oxygen atoms in total. The predicted octanol–water partition coefficient (Wildman–Crippen LogP) is 4.14. The zero-order chi connectivity index (χ0) is 24.5. The van der Waals surface area contributed by atoms with Crippen molar-refractivity contribution in [2.24, 2.45) is 0 Å². The average Bonchev–Trinajstić information content (AvgIpc) is 3.27. The molecule has 0 spiro atoms. The van der Waals surface area contributed by atoms with Gasteiger partial charge in [-0.15, -0.1) is 17.9 Å². The van der Waals surface area contributed by atoms with Crippen molar-refractivity contribution in [1.82, 2.24) is 14.1 Å². The smallest absolute Gasteiger partial charge is 0.253 e. The molecule has 1 saturated heterocycles. The summed E-state index contributed by atoms with van der Waals surface area (Å²) in [7, 11) is -1.83. The Labute approximate surface area is 208 Å². The molecule has 2 heterocycles. The normalized spacial score (nSPS) is 14.8. The van der Waals surface area contributed by atoms with E-state index in [2.05, 4.69) is 6.58 Å². The zero-order valence-corrected chi connectivity index (χ0v) is 21.1. The minimum Gasteiger partial charge on any atom is -0.356 e. The van der Waals surface area contributed by atoms with Crippen LogP contribution in [-0.2, 0) is 10.0 Å². The van der Waals surface area contributed by atoms with Crippen LogP contribution < -0.4 is 0 Å². The molecule has 10 heteroatoms. The van der Waals surface area contributed by atoms with E-state index in [1.165, 1.54) is 15.6 Å². The number of hydrogen-bond donors (Lipinski definition) is 1. The Morgan fingerprint density at radius 1 is 1.12 bits per heavy atom. The highest BCUT2D eigenvalue weighted by Crippen LogP contribution is 2.33. The van der Waals surface area contributed by atoms with E-state index in [-0.39, 0.29) is 23.2 Å². The summed E-state index contributed by atoms with van der Waals surface area (Å²) < 4.78 is 28.9. The van der Waals surface area contributed by atoms with E-state index in [1.807, 2.05) is 13.1 Å². The zero-order valence-electron chi connectivity index (χ0n) is 18.7. The lowest BCUT2D eigenvalue weighted by Gasteiger charge is -2.33. The Morgan fingerprint density at radius 3 is 2.41 bits per heavy atom. The molecule has 1 N–H and O–H groups in total. The minimum atomic E-state index is -3.64. The van der Waals surface area contributed by atoms with Gasteiger partial charge in [-0.05, 0) is 35.7 Å². The third-order valence-corrected chi connectivity index (χ3v) is 9.45. The summed E-state index contributed by atoms with van der Waals surface area (Å²) in [6, 6.07) is 13.9. The fourth-order valence-corrected chi connectivity index (χ4v) is 7.08. The fraction of sp³-hybridized carbons (Fsp3) is 0.250. The van der Waals surface area contributed by atoms with E-state index in [0.29, 0.717) is 41.6 Å². The van der Waals surface area contributed by atoms with Crippen LogP contribution in [0.1, 0.15) is 15.9 Å². The number of fused-ring (bicyclic) bond motifs is 1. The van der Waals surface area contributed by atoms with E-state index in [4.69, 9.17) is 17.0 Å². The maximum absolute atomic E-state index is 13.2. The van der Waals surface area contributed by atoms with Crippen LogP contribution in [0.2, 0.25) is 5.02 Å². The summed E-state index contributed by atoms with van der Waals surface area (Å²) in [5.41, 5.74) is 1.22. The first-order chi connectivity index (χ1) is 16.2. The number of likely N-dealkylation sites (N-methyl/N-ethyl adjacent to an activating group) is 1. The van der Waals surface area contributed by atoms with Crippen molar-refractivity contribution in [3.63, 3.8) is 0 Å². The number of nitrogens with one attached hydrogen (secondary N) is 1. The number of rotatable bonds is 6. The number of amides is 1. The molecule has 0 bridgehead atoms. The number of benzene rings is 2. The third-order valence-electron chi connectivity index (χ3n) is 5.77. The van der Waals surface area contributed by atoms with Gasteiger partial charge in [0, 0.05) is 60.6 Å². The molecule has 178 valence electrons. The molecule has 1 aliphatic heterocycles. The Morgan fingerprint density at radius 2 is 1.76 bits per heavy atom. The van der Waals surface area contributed by atoms with Gasteiger partial charge in [-0.25, -0.2) is 8.42 Å². The molecule has 0 aliphatic carbocycles. The van der Waals surface area contributed by atoms with Gasteiger partial charge in [0.2, 0.25) is 0 Å². The molecule has 1 aromatic heterocycles. The lowest BCUT2D eigenvalue weighted by molar-refractivity contribution is 0.0698. The quantitative estimate of drug-likeness (QED) is 0.303. The Balaban J connectivity index is 1.41. The minimum absolute atomic E-state index is 0.147. The number of nitrogens with zero attached hydrogens (tertiary/aromatic N) is 3. The lowest BCUT2D eigenvalue weighted by Crippen LogP contribution is -2.50. The van der Waals surface area contributed by atoms with Gasteiger partial charge in [-0.2, -0.15) is 4.31 Å². The van der Waals surface area contributed by atoms with Gasteiger partial charge in [0.25, 0.3) is 15.9 Å². The maximum atomic E-state index is 13.2. The van der Waals surface area contributed by atoms with Crippen LogP contribution in [0.15, 0.2) is 65.4 Å². The van der Waals surface area contributed by atoms with Gasteiger partial charge in [0.05, 0.1) is 0 Å². The van der Waals surface area contributed by atoms with Crippen molar-refractivity contribution in [1.29, 1.82) is 5.41 Å². The van der Waals surface area contributed by atoms with Crippen LogP contribution in [0.3, 0.4) is 0 Å². The van der Waals surface area contributed by atoms with Gasteiger partial charge in [-0.1, -0.05) is 35.9 Å². The Hall–Kier alpha value is -2.72.